The number of hydrogen-bond acceptors (Lipinski definition) is 4. The summed E-state index contributed by atoms with van der Waals surface area (Å²) in [4.78, 5) is 13.0. The number of hydrogen-bond donors (Lipinski definition) is 1. The van der Waals surface area contributed by atoms with Crippen LogP contribution in [0.1, 0.15) is 19.4 Å². The van der Waals surface area contributed by atoms with Crippen molar-refractivity contribution in [3.63, 3.8) is 0 Å². The van der Waals surface area contributed by atoms with Gasteiger partial charge in [0.05, 0.1) is 16.7 Å². The molecule has 0 aliphatic carbocycles. The smallest absolute Gasteiger partial charge is 0.264 e. The summed E-state index contributed by atoms with van der Waals surface area (Å²) in [6.45, 7) is 5.16. The summed E-state index contributed by atoms with van der Waals surface area (Å²) in [7, 11) is -4.00. The van der Waals surface area contributed by atoms with E-state index in [2.05, 4.69) is 5.32 Å². The van der Waals surface area contributed by atoms with Crippen LogP contribution in [-0.4, -0.2) is 27.0 Å². The summed E-state index contributed by atoms with van der Waals surface area (Å²) in [6, 6.07) is 19.8. The van der Waals surface area contributed by atoms with Crippen LogP contribution in [0.3, 0.4) is 0 Å². The summed E-state index contributed by atoms with van der Waals surface area (Å²) < 4.78 is 33.6. The molecule has 3 aromatic rings. The minimum absolute atomic E-state index is 0.0136. The zero-order valence-corrected chi connectivity index (χ0v) is 19.7. The molecule has 0 saturated heterocycles. The Balaban J connectivity index is 1.92. The van der Waals surface area contributed by atoms with Gasteiger partial charge in [0.2, 0.25) is 5.91 Å². The molecule has 3 rings (SSSR count). The topological polar surface area (TPSA) is 75.7 Å². The molecular weight excluding hydrogens is 448 g/mol. The molecule has 8 heteroatoms. The first kappa shape index (κ1) is 23.6. The Hall–Kier alpha value is -3.03. The predicted molar refractivity (Wildman–Crippen MR) is 128 cm³/mol. The van der Waals surface area contributed by atoms with Gasteiger partial charge in [0.15, 0.2) is 0 Å². The van der Waals surface area contributed by atoms with Gasteiger partial charge in [0.25, 0.3) is 10.0 Å². The Kier molecular flexibility index (Phi) is 7.43. The van der Waals surface area contributed by atoms with Crippen molar-refractivity contribution >= 4 is 38.9 Å². The van der Waals surface area contributed by atoms with Crippen LogP contribution >= 0.6 is 11.6 Å². The maximum atomic E-state index is 13.4. The van der Waals surface area contributed by atoms with Gasteiger partial charge < -0.3 is 10.1 Å². The molecule has 1 N–H and O–H groups in total. The summed E-state index contributed by atoms with van der Waals surface area (Å²) >= 11 is 6.06. The minimum Gasteiger partial charge on any atom is -0.491 e. The van der Waals surface area contributed by atoms with E-state index in [0.29, 0.717) is 27.7 Å². The Morgan fingerprint density at radius 3 is 2.41 bits per heavy atom. The molecule has 0 fully saturated rings. The average Bonchev–Trinajstić information content (AvgIpc) is 2.73. The fraction of sp³-hybridized carbons (Fsp3) is 0.208. The number of aryl methyl sites for hydroxylation is 1. The van der Waals surface area contributed by atoms with Gasteiger partial charge in [-0.25, -0.2) is 8.42 Å². The lowest BCUT2D eigenvalue weighted by molar-refractivity contribution is -0.114. The van der Waals surface area contributed by atoms with Gasteiger partial charge in [0, 0.05) is 16.8 Å². The molecule has 0 unspecified atom stereocenters. The first-order valence-corrected chi connectivity index (χ1v) is 11.9. The normalized spacial score (nSPS) is 11.3. The van der Waals surface area contributed by atoms with Gasteiger partial charge in [0.1, 0.15) is 12.3 Å². The van der Waals surface area contributed by atoms with E-state index in [1.165, 1.54) is 12.1 Å². The molecule has 0 radical (unpaired) electrons. The van der Waals surface area contributed by atoms with Crippen LogP contribution in [0.25, 0.3) is 0 Å². The van der Waals surface area contributed by atoms with E-state index in [-0.39, 0.29) is 11.0 Å². The lowest BCUT2D eigenvalue weighted by Crippen LogP contribution is -2.38. The van der Waals surface area contributed by atoms with E-state index in [1.807, 2.05) is 13.8 Å². The van der Waals surface area contributed by atoms with Crippen molar-refractivity contribution in [2.24, 2.45) is 0 Å². The fourth-order valence-corrected chi connectivity index (χ4v) is 4.90. The Morgan fingerprint density at radius 1 is 1.03 bits per heavy atom. The van der Waals surface area contributed by atoms with Crippen LogP contribution in [-0.2, 0) is 14.8 Å². The lowest BCUT2D eigenvalue weighted by Gasteiger charge is -2.25. The third kappa shape index (κ3) is 5.81. The number of anilines is 2. The van der Waals surface area contributed by atoms with Crippen LogP contribution < -0.4 is 14.4 Å². The van der Waals surface area contributed by atoms with Crippen LogP contribution in [0, 0.1) is 6.92 Å². The Labute approximate surface area is 193 Å². The van der Waals surface area contributed by atoms with Crippen LogP contribution in [0.15, 0.2) is 77.7 Å². The molecule has 3 aromatic carbocycles. The Bertz CT molecular complexity index is 1200. The van der Waals surface area contributed by atoms with Crippen LogP contribution in [0.5, 0.6) is 5.75 Å². The molecular formula is C24H25ClN2O4S. The number of halogens is 1. The van der Waals surface area contributed by atoms with Crippen molar-refractivity contribution in [1.82, 2.24) is 0 Å². The molecule has 0 aliphatic heterocycles. The van der Waals surface area contributed by atoms with Crippen molar-refractivity contribution in [2.75, 3.05) is 16.2 Å². The number of nitrogens with one attached hydrogen (secondary N) is 1. The number of amides is 1. The second-order valence-corrected chi connectivity index (χ2v) is 9.80. The van der Waals surface area contributed by atoms with E-state index in [9.17, 15) is 13.2 Å². The van der Waals surface area contributed by atoms with Gasteiger partial charge in [-0.15, -0.1) is 0 Å². The number of carbonyl (C=O) groups excluding carboxylic acids is 1. The molecule has 1 amide bonds. The third-order valence-corrected chi connectivity index (χ3v) is 6.54. The van der Waals surface area contributed by atoms with Gasteiger partial charge in [-0.05, 0) is 68.8 Å². The van der Waals surface area contributed by atoms with Crippen molar-refractivity contribution in [1.29, 1.82) is 0 Å². The van der Waals surface area contributed by atoms with Gasteiger partial charge in [-0.2, -0.15) is 0 Å². The summed E-state index contributed by atoms with van der Waals surface area (Å²) in [5.74, 6) is 0.126. The van der Waals surface area contributed by atoms with E-state index >= 15 is 0 Å². The molecule has 0 atom stereocenters. The second-order valence-electron chi connectivity index (χ2n) is 7.50. The zero-order chi connectivity index (χ0) is 23.3. The average molecular weight is 473 g/mol. The van der Waals surface area contributed by atoms with E-state index in [4.69, 9.17) is 16.3 Å². The maximum absolute atomic E-state index is 13.4. The number of rotatable bonds is 8. The molecule has 0 saturated carbocycles. The highest BCUT2D eigenvalue weighted by Crippen LogP contribution is 2.29. The zero-order valence-electron chi connectivity index (χ0n) is 18.1. The van der Waals surface area contributed by atoms with Crippen molar-refractivity contribution < 1.29 is 17.9 Å². The molecule has 168 valence electrons. The standard InChI is InChI=1S/C24H25ClN2O4S/c1-17(2)31-21-9-7-8-20(15-21)26-24(28)16-27(23-13-12-19(25)14-18(23)3)32(29,30)22-10-5-4-6-11-22/h4-15,17H,16H2,1-3H3,(H,26,28). The maximum Gasteiger partial charge on any atom is 0.264 e. The van der Waals surface area contributed by atoms with E-state index in [0.717, 1.165) is 4.31 Å². The highest BCUT2D eigenvalue weighted by atomic mass is 35.5. The molecule has 0 bridgehead atoms. The minimum atomic E-state index is -4.00. The second kappa shape index (κ2) is 10.1. The fourth-order valence-electron chi connectivity index (χ4n) is 3.17. The predicted octanol–water partition coefficient (Wildman–Crippen LogP) is 5.27. The molecule has 0 aliphatic rings. The van der Waals surface area contributed by atoms with Crippen molar-refractivity contribution in [3.8, 4) is 5.75 Å². The van der Waals surface area contributed by atoms with Crippen molar-refractivity contribution in [3.05, 3.63) is 83.4 Å². The van der Waals surface area contributed by atoms with Gasteiger partial charge >= 0.3 is 0 Å². The van der Waals surface area contributed by atoms with Crippen LogP contribution in [0.4, 0.5) is 11.4 Å². The SMILES string of the molecule is Cc1cc(Cl)ccc1N(CC(=O)Nc1cccc(OC(C)C)c1)S(=O)(=O)c1ccccc1. The summed E-state index contributed by atoms with van der Waals surface area (Å²) in [5, 5.41) is 3.24. The Morgan fingerprint density at radius 2 is 1.75 bits per heavy atom. The van der Waals surface area contributed by atoms with E-state index in [1.54, 1.807) is 67.6 Å². The molecule has 0 aromatic heterocycles. The van der Waals surface area contributed by atoms with Crippen molar-refractivity contribution in [2.45, 2.75) is 31.8 Å². The van der Waals surface area contributed by atoms with Crippen LogP contribution in [0.2, 0.25) is 5.02 Å². The first-order chi connectivity index (χ1) is 15.2. The van der Waals surface area contributed by atoms with E-state index < -0.39 is 22.5 Å². The first-order valence-electron chi connectivity index (χ1n) is 10.1. The number of ether oxygens (including phenoxy) is 1. The third-order valence-electron chi connectivity index (χ3n) is 4.54. The lowest BCUT2D eigenvalue weighted by atomic mass is 10.2. The molecule has 6 nitrogen and oxygen atoms in total. The summed E-state index contributed by atoms with van der Waals surface area (Å²) in [5.41, 5.74) is 1.53. The number of nitrogens with zero attached hydrogens (tertiary/aromatic N) is 1. The molecule has 0 heterocycles. The number of carbonyl (C=O) groups is 1. The monoisotopic (exact) mass is 472 g/mol. The highest BCUT2D eigenvalue weighted by Gasteiger charge is 2.28. The van der Waals surface area contributed by atoms with Gasteiger partial charge in [-0.1, -0.05) is 35.9 Å². The summed E-state index contributed by atoms with van der Waals surface area (Å²) in [6.07, 6.45) is -0.0136. The quantitative estimate of drug-likeness (QED) is 0.484. The largest absolute Gasteiger partial charge is 0.491 e. The van der Waals surface area contributed by atoms with Gasteiger partial charge in [-0.3, -0.25) is 9.10 Å². The molecule has 32 heavy (non-hydrogen) atoms. The number of benzene rings is 3. The highest BCUT2D eigenvalue weighted by molar-refractivity contribution is 7.92. The molecule has 0 spiro atoms. The number of sulfonamides is 1.